The van der Waals surface area contributed by atoms with Gasteiger partial charge in [-0.05, 0) is 18.1 Å². The molecule has 1 rings (SSSR count). The molecule has 0 aliphatic rings. The van der Waals surface area contributed by atoms with Crippen LogP contribution in [0.3, 0.4) is 0 Å². The SMILES string of the molecule is CC(F)(F)Cc1cccc(C(O)C(=O)O)c1. The van der Waals surface area contributed by atoms with E-state index in [1.807, 2.05) is 0 Å². The summed E-state index contributed by atoms with van der Waals surface area (Å²) >= 11 is 0. The number of aliphatic hydroxyl groups excluding tert-OH is 1. The van der Waals surface area contributed by atoms with Gasteiger partial charge in [0, 0.05) is 6.42 Å². The molecule has 0 heterocycles. The normalized spacial score (nSPS) is 13.5. The lowest BCUT2D eigenvalue weighted by Gasteiger charge is -2.12. The fourth-order valence-corrected chi connectivity index (χ4v) is 1.37. The van der Waals surface area contributed by atoms with Gasteiger partial charge >= 0.3 is 5.97 Å². The molecule has 0 saturated carbocycles. The number of hydrogen-bond donors (Lipinski definition) is 2. The summed E-state index contributed by atoms with van der Waals surface area (Å²) in [6, 6.07) is 5.57. The van der Waals surface area contributed by atoms with Gasteiger partial charge in [0.2, 0.25) is 5.92 Å². The second-order valence-electron chi connectivity index (χ2n) is 3.73. The molecule has 2 N–H and O–H groups in total. The third-order valence-electron chi connectivity index (χ3n) is 2.02. The van der Waals surface area contributed by atoms with Crippen LogP contribution in [0, 0.1) is 0 Å². The molecule has 0 aromatic heterocycles. The first kappa shape index (κ1) is 12.6. The number of hydrogen-bond acceptors (Lipinski definition) is 2. The van der Waals surface area contributed by atoms with Gasteiger partial charge < -0.3 is 10.2 Å². The Bertz CT molecular complexity index is 385. The molecule has 0 spiro atoms. The Labute approximate surface area is 91.3 Å². The third kappa shape index (κ3) is 3.58. The van der Waals surface area contributed by atoms with Gasteiger partial charge in [0.1, 0.15) is 0 Å². The Morgan fingerprint density at radius 1 is 1.50 bits per heavy atom. The standard InChI is InChI=1S/C11H12F2O3/c1-11(12,13)6-7-3-2-4-8(5-7)9(14)10(15)16/h2-5,9,14H,6H2,1H3,(H,15,16). The van der Waals surface area contributed by atoms with Crippen molar-refractivity contribution in [3.05, 3.63) is 35.4 Å². The van der Waals surface area contributed by atoms with Gasteiger partial charge in [0.15, 0.2) is 6.10 Å². The van der Waals surface area contributed by atoms with Crippen LogP contribution >= 0.6 is 0 Å². The highest BCUT2D eigenvalue weighted by Gasteiger charge is 2.23. The molecule has 3 nitrogen and oxygen atoms in total. The van der Waals surface area contributed by atoms with E-state index >= 15 is 0 Å². The second kappa shape index (κ2) is 4.57. The minimum Gasteiger partial charge on any atom is -0.479 e. The van der Waals surface area contributed by atoms with Crippen LogP contribution < -0.4 is 0 Å². The number of aliphatic hydroxyl groups is 1. The highest BCUT2D eigenvalue weighted by Crippen LogP contribution is 2.21. The van der Waals surface area contributed by atoms with Gasteiger partial charge in [-0.2, -0.15) is 0 Å². The van der Waals surface area contributed by atoms with Crippen LogP contribution in [0.25, 0.3) is 0 Å². The Balaban J connectivity index is 2.91. The number of carboxylic acids is 1. The van der Waals surface area contributed by atoms with Gasteiger partial charge in [-0.1, -0.05) is 24.3 Å². The second-order valence-corrected chi connectivity index (χ2v) is 3.73. The Hall–Kier alpha value is -1.49. The summed E-state index contributed by atoms with van der Waals surface area (Å²) in [4.78, 5) is 10.5. The predicted molar refractivity (Wildman–Crippen MR) is 53.4 cm³/mol. The molecule has 1 aromatic rings. The van der Waals surface area contributed by atoms with Crippen molar-refractivity contribution in [1.82, 2.24) is 0 Å². The summed E-state index contributed by atoms with van der Waals surface area (Å²) in [5, 5.41) is 17.8. The zero-order valence-corrected chi connectivity index (χ0v) is 8.65. The summed E-state index contributed by atoms with van der Waals surface area (Å²) < 4.78 is 25.4. The van der Waals surface area contributed by atoms with Crippen molar-refractivity contribution in [1.29, 1.82) is 0 Å². The Kier molecular flexibility index (Phi) is 3.59. The average Bonchev–Trinajstić information content (AvgIpc) is 2.14. The number of aliphatic carboxylic acids is 1. The number of carbonyl (C=O) groups is 1. The van der Waals surface area contributed by atoms with E-state index in [4.69, 9.17) is 5.11 Å². The van der Waals surface area contributed by atoms with Gasteiger partial charge in [0.25, 0.3) is 0 Å². The molecule has 1 aromatic carbocycles. The van der Waals surface area contributed by atoms with Crippen molar-refractivity contribution < 1.29 is 23.8 Å². The first-order valence-corrected chi connectivity index (χ1v) is 4.67. The molecule has 16 heavy (non-hydrogen) atoms. The number of benzene rings is 1. The molecule has 0 aliphatic heterocycles. The van der Waals surface area contributed by atoms with Crippen LogP contribution in [0.2, 0.25) is 0 Å². The highest BCUT2D eigenvalue weighted by atomic mass is 19.3. The van der Waals surface area contributed by atoms with Gasteiger partial charge in [-0.3, -0.25) is 0 Å². The lowest BCUT2D eigenvalue weighted by Crippen LogP contribution is -2.15. The topological polar surface area (TPSA) is 57.5 Å². The Morgan fingerprint density at radius 2 is 2.12 bits per heavy atom. The van der Waals surface area contributed by atoms with Crippen molar-refractivity contribution >= 4 is 5.97 Å². The maximum absolute atomic E-state index is 12.7. The van der Waals surface area contributed by atoms with Crippen LogP contribution in [0.15, 0.2) is 24.3 Å². The smallest absolute Gasteiger partial charge is 0.337 e. The summed E-state index contributed by atoms with van der Waals surface area (Å²) in [6.07, 6.45) is -2.15. The van der Waals surface area contributed by atoms with Crippen LogP contribution in [0.5, 0.6) is 0 Å². The Morgan fingerprint density at radius 3 is 2.62 bits per heavy atom. The summed E-state index contributed by atoms with van der Waals surface area (Å²) in [7, 11) is 0. The number of halogens is 2. The molecule has 1 unspecified atom stereocenters. The molecule has 1 atom stereocenters. The molecule has 0 saturated heterocycles. The van der Waals surface area contributed by atoms with E-state index in [-0.39, 0.29) is 5.56 Å². The number of rotatable bonds is 4. The van der Waals surface area contributed by atoms with E-state index in [0.29, 0.717) is 5.56 Å². The molecule has 0 fully saturated rings. The molecule has 88 valence electrons. The maximum Gasteiger partial charge on any atom is 0.337 e. The predicted octanol–water partition coefficient (Wildman–Crippen LogP) is 2.00. The fraction of sp³-hybridized carbons (Fsp3) is 0.364. The average molecular weight is 230 g/mol. The van der Waals surface area contributed by atoms with E-state index in [0.717, 1.165) is 6.92 Å². The first-order chi connectivity index (χ1) is 7.29. The number of alkyl halides is 2. The van der Waals surface area contributed by atoms with Crippen LogP contribution in [-0.4, -0.2) is 22.1 Å². The van der Waals surface area contributed by atoms with Gasteiger partial charge in [-0.15, -0.1) is 0 Å². The first-order valence-electron chi connectivity index (χ1n) is 4.67. The fourth-order valence-electron chi connectivity index (χ4n) is 1.37. The largest absolute Gasteiger partial charge is 0.479 e. The van der Waals surface area contributed by atoms with Crippen LogP contribution in [0.1, 0.15) is 24.2 Å². The minimum atomic E-state index is -2.85. The zero-order chi connectivity index (χ0) is 12.3. The molecule has 0 bridgehead atoms. The summed E-state index contributed by atoms with van der Waals surface area (Å²) in [5.41, 5.74) is 0.402. The third-order valence-corrected chi connectivity index (χ3v) is 2.02. The number of carboxylic acid groups (broad SMARTS) is 1. The van der Waals surface area contributed by atoms with E-state index in [1.165, 1.54) is 24.3 Å². The van der Waals surface area contributed by atoms with Gasteiger partial charge in [0.05, 0.1) is 0 Å². The van der Waals surface area contributed by atoms with Crippen LogP contribution in [-0.2, 0) is 11.2 Å². The molecule has 0 radical (unpaired) electrons. The quantitative estimate of drug-likeness (QED) is 0.831. The summed E-state index contributed by atoms with van der Waals surface area (Å²) in [5.74, 6) is -4.26. The lowest BCUT2D eigenvalue weighted by atomic mass is 10.0. The van der Waals surface area contributed by atoms with Crippen molar-refractivity contribution in [2.24, 2.45) is 0 Å². The van der Waals surface area contributed by atoms with E-state index in [2.05, 4.69) is 0 Å². The van der Waals surface area contributed by atoms with Crippen molar-refractivity contribution in [2.75, 3.05) is 0 Å². The monoisotopic (exact) mass is 230 g/mol. The molecule has 5 heteroatoms. The molecular formula is C11H12F2O3. The van der Waals surface area contributed by atoms with Crippen molar-refractivity contribution in [2.45, 2.75) is 25.4 Å². The lowest BCUT2D eigenvalue weighted by molar-refractivity contribution is -0.146. The zero-order valence-electron chi connectivity index (χ0n) is 8.65. The van der Waals surface area contributed by atoms with E-state index in [1.54, 1.807) is 0 Å². The molecule has 0 aliphatic carbocycles. The van der Waals surface area contributed by atoms with Crippen molar-refractivity contribution in [3.8, 4) is 0 Å². The van der Waals surface area contributed by atoms with Crippen LogP contribution in [0.4, 0.5) is 8.78 Å². The highest BCUT2D eigenvalue weighted by molar-refractivity contribution is 5.74. The summed E-state index contributed by atoms with van der Waals surface area (Å²) in [6.45, 7) is 0.785. The minimum absolute atomic E-state index is 0.106. The van der Waals surface area contributed by atoms with E-state index < -0.39 is 24.4 Å². The van der Waals surface area contributed by atoms with Crippen molar-refractivity contribution in [3.63, 3.8) is 0 Å². The molecular weight excluding hydrogens is 218 g/mol. The van der Waals surface area contributed by atoms with Gasteiger partial charge in [-0.25, -0.2) is 13.6 Å². The maximum atomic E-state index is 12.7. The molecule has 0 amide bonds. The van der Waals surface area contributed by atoms with E-state index in [9.17, 15) is 18.7 Å².